The molecule has 0 bridgehead atoms. The Morgan fingerprint density at radius 2 is 1.78 bits per heavy atom. The lowest BCUT2D eigenvalue weighted by molar-refractivity contribution is -0.144. The first-order chi connectivity index (χ1) is 8.65. The summed E-state index contributed by atoms with van der Waals surface area (Å²) in [7, 11) is 0. The Kier molecular flexibility index (Phi) is 10.3. The Hall–Kier alpha value is -1.10. The van der Waals surface area contributed by atoms with E-state index >= 15 is 0 Å². The molecule has 0 atom stereocenters. The second-order valence-electron chi connectivity index (χ2n) is 3.84. The van der Waals surface area contributed by atoms with Crippen molar-refractivity contribution in [3.8, 4) is 0 Å². The predicted molar refractivity (Wildman–Crippen MR) is 69.2 cm³/mol. The Bertz CT molecular complexity index is 243. The van der Waals surface area contributed by atoms with Gasteiger partial charge in [-0.1, -0.05) is 6.92 Å². The topological polar surface area (TPSA) is 55.8 Å². The fourth-order valence-electron chi connectivity index (χ4n) is 1.55. The number of carbonyl (C=O) groups excluding carboxylic acids is 2. The molecule has 0 aromatic carbocycles. The van der Waals surface area contributed by atoms with Crippen molar-refractivity contribution in [1.82, 2.24) is 4.90 Å². The van der Waals surface area contributed by atoms with Gasteiger partial charge in [0.2, 0.25) is 5.91 Å². The lowest BCUT2D eigenvalue weighted by Gasteiger charge is -2.21. The molecule has 0 saturated heterocycles. The molecule has 5 heteroatoms. The second-order valence-corrected chi connectivity index (χ2v) is 3.84. The standard InChI is InChI=1S/C13H25NO4/c1-4-12(15)14(9-7-11-17-5-2)10-8-13(16)18-6-3/h4-11H2,1-3H3. The van der Waals surface area contributed by atoms with Crippen LogP contribution in [0.1, 0.15) is 40.0 Å². The monoisotopic (exact) mass is 259 g/mol. The van der Waals surface area contributed by atoms with Gasteiger partial charge in [-0.2, -0.15) is 0 Å². The molecule has 0 N–H and O–H groups in total. The van der Waals surface area contributed by atoms with Gasteiger partial charge in [0.25, 0.3) is 0 Å². The highest BCUT2D eigenvalue weighted by molar-refractivity contribution is 5.77. The first kappa shape index (κ1) is 16.9. The number of hydrogen-bond acceptors (Lipinski definition) is 4. The van der Waals surface area contributed by atoms with E-state index in [1.807, 2.05) is 13.8 Å². The molecule has 0 radical (unpaired) electrons. The number of hydrogen-bond donors (Lipinski definition) is 0. The summed E-state index contributed by atoms with van der Waals surface area (Å²) in [5.74, 6) is -0.188. The number of amides is 1. The molecule has 0 spiro atoms. The molecule has 1 amide bonds. The zero-order valence-corrected chi connectivity index (χ0v) is 11.7. The molecule has 0 rings (SSSR count). The molecule has 0 heterocycles. The third-order valence-corrected chi connectivity index (χ3v) is 2.47. The Morgan fingerprint density at radius 3 is 2.33 bits per heavy atom. The molecular weight excluding hydrogens is 234 g/mol. The molecule has 106 valence electrons. The van der Waals surface area contributed by atoms with E-state index in [1.54, 1.807) is 11.8 Å². The maximum absolute atomic E-state index is 11.7. The van der Waals surface area contributed by atoms with Crippen LogP contribution in [0.4, 0.5) is 0 Å². The first-order valence-electron chi connectivity index (χ1n) is 6.66. The molecule has 0 aromatic rings. The number of nitrogens with zero attached hydrogens (tertiary/aromatic N) is 1. The molecule has 0 aliphatic heterocycles. The van der Waals surface area contributed by atoms with Crippen LogP contribution in [0, 0.1) is 0 Å². The van der Waals surface area contributed by atoms with Gasteiger partial charge < -0.3 is 14.4 Å². The lowest BCUT2D eigenvalue weighted by atomic mass is 10.3. The molecular formula is C13H25NO4. The summed E-state index contributed by atoms with van der Waals surface area (Å²) in [6.45, 7) is 8.30. The van der Waals surface area contributed by atoms with Gasteiger partial charge in [0.05, 0.1) is 13.0 Å². The van der Waals surface area contributed by atoms with Gasteiger partial charge >= 0.3 is 5.97 Å². The van der Waals surface area contributed by atoms with Crippen LogP contribution in [0.25, 0.3) is 0 Å². The van der Waals surface area contributed by atoms with Crippen molar-refractivity contribution in [2.45, 2.75) is 40.0 Å². The van der Waals surface area contributed by atoms with E-state index in [0.717, 1.165) is 6.42 Å². The van der Waals surface area contributed by atoms with Crippen molar-refractivity contribution >= 4 is 11.9 Å². The summed E-state index contributed by atoms with van der Waals surface area (Å²) in [5.41, 5.74) is 0. The van der Waals surface area contributed by atoms with E-state index in [1.165, 1.54) is 0 Å². The summed E-state index contributed by atoms with van der Waals surface area (Å²) in [4.78, 5) is 24.6. The normalized spacial score (nSPS) is 10.2. The van der Waals surface area contributed by atoms with E-state index in [4.69, 9.17) is 9.47 Å². The fraction of sp³-hybridized carbons (Fsp3) is 0.846. The zero-order chi connectivity index (χ0) is 13.8. The summed E-state index contributed by atoms with van der Waals surface area (Å²) >= 11 is 0. The van der Waals surface area contributed by atoms with Crippen LogP contribution >= 0.6 is 0 Å². The number of esters is 1. The molecule has 0 aromatic heterocycles. The van der Waals surface area contributed by atoms with Crippen molar-refractivity contribution < 1.29 is 19.1 Å². The highest BCUT2D eigenvalue weighted by Gasteiger charge is 2.13. The van der Waals surface area contributed by atoms with E-state index in [9.17, 15) is 9.59 Å². The van der Waals surface area contributed by atoms with Crippen LogP contribution in [-0.2, 0) is 19.1 Å². The van der Waals surface area contributed by atoms with Gasteiger partial charge in [0.15, 0.2) is 0 Å². The SMILES string of the molecule is CCOCCCN(CCC(=O)OCC)C(=O)CC. The summed E-state index contributed by atoms with van der Waals surface area (Å²) < 4.78 is 10.1. The summed E-state index contributed by atoms with van der Waals surface area (Å²) in [6, 6.07) is 0. The molecule has 0 unspecified atom stereocenters. The van der Waals surface area contributed by atoms with E-state index in [-0.39, 0.29) is 18.3 Å². The van der Waals surface area contributed by atoms with Gasteiger partial charge in [0.1, 0.15) is 0 Å². The zero-order valence-electron chi connectivity index (χ0n) is 11.7. The molecule has 0 saturated carbocycles. The van der Waals surface area contributed by atoms with Gasteiger partial charge in [-0.05, 0) is 20.3 Å². The maximum atomic E-state index is 11.7. The Balaban J connectivity index is 3.99. The number of carbonyl (C=O) groups is 2. The minimum Gasteiger partial charge on any atom is -0.466 e. The third kappa shape index (κ3) is 8.06. The molecule has 0 fully saturated rings. The quantitative estimate of drug-likeness (QED) is 0.442. The Morgan fingerprint density at radius 1 is 1.06 bits per heavy atom. The van der Waals surface area contributed by atoms with Crippen molar-refractivity contribution in [1.29, 1.82) is 0 Å². The van der Waals surface area contributed by atoms with Crippen molar-refractivity contribution in [3.63, 3.8) is 0 Å². The van der Waals surface area contributed by atoms with E-state index < -0.39 is 0 Å². The van der Waals surface area contributed by atoms with Crippen molar-refractivity contribution in [2.24, 2.45) is 0 Å². The van der Waals surface area contributed by atoms with Crippen LogP contribution in [0.2, 0.25) is 0 Å². The fourth-order valence-corrected chi connectivity index (χ4v) is 1.55. The van der Waals surface area contributed by atoms with Gasteiger partial charge in [-0.3, -0.25) is 9.59 Å². The van der Waals surface area contributed by atoms with Crippen molar-refractivity contribution in [3.05, 3.63) is 0 Å². The van der Waals surface area contributed by atoms with Crippen LogP contribution < -0.4 is 0 Å². The second kappa shape index (κ2) is 11.0. The predicted octanol–water partition coefficient (Wildman–Crippen LogP) is 1.60. The molecule has 0 aliphatic carbocycles. The highest BCUT2D eigenvalue weighted by Crippen LogP contribution is 2.00. The maximum Gasteiger partial charge on any atom is 0.307 e. The molecule has 5 nitrogen and oxygen atoms in total. The largest absolute Gasteiger partial charge is 0.466 e. The third-order valence-electron chi connectivity index (χ3n) is 2.47. The smallest absolute Gasteiger partial charge is 0.307 e. The van der Waals surface area contributed by atoms with Crippen LogP contribution in [-0.4, -0.2) is 49.7 Å². The van der Waals surface area contributed by atoms with E-state index in [2.05, 4.69) is 0 Å². The molecule has 18 heavy (non-hydrogen) atoms. The van der Waals surface area contributed by atoms with Crippen LogP contribution in [0.5, 0.6) is 0 Å². The average Bonchev–Trinajstić information content (AvgIpc) is 2.37. The lowest BCUT2D eigenvalue weighted by Crippen LogP contribution is -2.34. The molecule has 0 aliphatic rings. The van der Waals surface area contributed by atoms with Crippen LogP contribution in [0.15, 0.2) is 0 Å². The van der Waals surface area contributed by atoms with Gasteiger partial charge in [-0.15, -0.1) is 0 Å². The van der Waals surface area contributed by atoms with Crippen molar-refractivity contribution in [2.75, 3.05) is 32.9 Å². The Labute approximate surface area is 109 Å². The average molecular weight is 259 g/mol. The summed E-state index contributed by atoms with van der Waals surface area (Å²) in [5, 5.41) is 0. The highest BCUT2D eigenvalue weighted by atomic mass is 16.5. The van der Waals surface area contributed by atoms with E-state index in [0.29, 0.717) is 39.3 Å². The number of rotatable bonds is 10. The van der Waals surface area contributed by atoms with Crippen LogP contribution in [0.3, 0.4) is 0 Å². The number of ether oxygens (including phenoxy) is 2. The summed E-state index contributed by atoms with van der Waals surface area (Å²) in [6.07, 6.45) is 1.51. The van der Waals surface area contributed by atoms with Gasteiger partial charge in [-0.25, -0.2) is 0 Å². The van der Waals surface area contributed by atoms with Gasteiger partial charge in [0, 0.05) is 32.7 Å². The first-order valence-corrected chi connectivity index (χ1v) is 6.66. The minimum atomic E-state index is -0.254. The minimum absolute atomic E-state index is 0.0656.